The van der Waals surface area contributed by atoms with Crippen molar-refractivity contribution in [2.75, 3.05) is 0 Å². The molecule has 0 fully saturated rings. The average Bonchev–Trinajstić information content (AvgIpc) is 2.97. The first kappa shape index (κ1) is 16.1. The summed E-state index contributed by atoms with van der Waals surface area (Å²) in [5, 5.41) is 15.3. The van der Waals surface area contributed by atoms with E-state index in [0.29, 0.717) is 22.4 Å². The molecule has 2 aromatic heterocycles. The van der Waals surface area contributed by atoms with Crippen LogP contribution in [-0.2, 0) is 24.3 Å². The Labute approximate surface area is 138 Å². The smallest absolute Gasteiger partial charge is 0.342 e. The number of hydrogen-bond donors (Lipinski definition) is 0. The fourth-order valence-corrected chi connectivity index (χ4v) is 2.99. The maximum Gasteiger partial charge on any atom is 0.342 e. The van der Waals surface area contributed by atoms with Crippen molar-refractivity contribution in [2.45, 2.75) is 46.3 Å². The third-order valence-corrected chi connectivity index (χ3v) is 4.30. The number of rotatable bonds is 4. The van der Waals surface area contributed by atoms with Crippen LogP contribution >= 0.6 is 0 Å². The van der Waals surface area contributed by atoms with Crippen LogP contribution in [0.2, 0.25) is 0 Å². The van der Waals surface area contributed by atoms with Gasteiger partial charge in [0, 0.05) is 18.3 Å². The molecule has 126 valence electrons. The van der Waals surface area contributed by atoms with E-state index in [1.807, 2.05) is 4.68 Å². The maximum absolute atomic E-state index is 12.3. The molecule has 0 spiro atoms. The topological polar surface area (TPSA) is 100 Å². The van der Waals surface area contributed by atoms with Gasteiger partial charge in [-0.15, -0.1) is 0 Å². The molecular weight excluding hydrogens is 312 g/mol. The van der Waals surface area contributed by atoms with Crippen molar-refractivity contribution in [1.82, 2.24) is 14.8 Å². The molecule has 0 unspecified atom stereocenters. The lowest BCUT2D eigenvalue weighted by atomic mass is 10.1. The minimum Gasteiger partial charge on any atom is -0.455 e. The molecule has 0 aromatic carbocycles. The molecule has 0 radical (unpaired) electrons. The van der Waals surface area contributed by atoms with Gasteiger partial charge in [-0.3, -0.25) is 19.8 Å². The minimum absolute atomic E-state index is 0.0129. The largest absolute Gasteiger partial charge is 0.455 e. The Morgan fingerprint density at radius 1 is 1.38 bits per heavy atom. The van der Waals surface area contributed by atoms with Gasteiger partial charge in [-0.25, -0.2) is 4.79 Å². The summed E-state index contributed by atoms with van der Waals surface area (Å²) >= 11 is 0. The van der Waals surface area contributed by atoms with Gasteiger partial charge in [0.05, 0.1) is 28.1 Å². The SMILES string of the molecule is Cc1cnc(COC(=O)c2cnn3c2CCCC3)c(C)c1[N+](=O)[O-]. The number of carbonyl (C=O) groups is 1. The van der Waals surface area contributed by atoms with Gasteiger partial charge in [0.1, 0.15) is 12.2 Å². The third kappa shape index (κ3) is 2.86. The Balaban J connectivity index is 1.77. The van der Waals surface area contributed by atoms with Crippen molar-refractivity contribution in [3.63, 3.8) is 0 Å². The zero-order valence-corrected chi connectivity index (χ0v) is 13.6. The van der Waals surface area contributed by atoms with Crippen LogP contribution in [0.5, 0.6) is 0 Å². The average molecular weight is 330 g/mol. The number of esters is 1. The Morgan fingerprint density at radius 3 is 2.92 bits per heavy atom. The van der Waals surface area contributed by atoms with Gasteiger partial charge < -0.3 is 4.74 Å². The van der Waals surface area contributed by atoms with Gasteiger partial charge in [0.25, 0.3) is 5.69 Å². The summed E-state index contributed by atoms with van der Waals surface area (Å²) in [6, 6.07) is 0. The lowest BCUT2D eigenvalue weighted by Crippen LogP contribution is -2.15. The molecule has 0 atom stereocenters. The highest BCUT2D eigenvalue weighted by molar-refractivity contribution is 5.90. The molecular formula is C16H18N4O4. The molecule has 0 aliphatic carbocycles. The lowest BCUT2D eigenvalue weighted by Gasteiger charge is -2.14. The van der Waals surface area contributed by atoms with E-state index in [2.05, 4.69) is 10.1 Å². The molecule has 3 rings (SSSR count). The summed E-state index contributed by atoms with van der Waals surface area (Å²) in [5.41, 5.74) is 2.67. The Hall–Kier alpha value is -2.77. The minimum atomic E-state index is -0.470. The number of nitrogens with zero attached hydrogens (tertiary/aromatic N) is 4. The monoisotopic (exact) mass is 330 g/mol. The highest BCUT2D eigenvalue weighted by Gasteiger charge is 2.23. The zero-order chi connectivity index (χ0) is 17.3. The first-order chi connectivity index (χ1) is 11.5. The van der Waals surface area contributed by atoms with E-state index >= 15 is 0 Å². The van der Waals surface area contributed by atoms with Gasteiger partial charge in [-0.1, -0.05) is 0 Å². The molecule has 8 heteroatoms. The summed E-state index contributed by atoms with van der Waals surface area (Å²) < 4.78 is 7.15. The van der Waals surface area contributed by atoms with Crippen molar-refractivity contribution in [3.05, 3.63) is 50.6 Å². The molecule has 1 aliphatic heterocycles. The molecule has 0 bridgehead atoms. The number of hydrogen-bond acceptors (Lipinski definition) is 6. The predicted octanol–water partition coefficient (Wildman–Crippen LogP) is 2.50. The Morgan fingerprint density at radius 2 is 2.17 bits per heavy atom. The second-order valence-corrected chi connectivity index (χ2v) is 5.88. The first-order valence-electron chi connectivity index (χ1n) is 7.80. The number of fused-ring (bicyclic) bond motifs is 1. The van der Waals surface area contributed by atoms with Gasteiger partial charge in [-0.05, 0) is 33.1 Å². The van der Waals surface area contributed by atoms with Crippen molar-refractivity contribution in [3.8, 4) is 0 Å². The van der Waals surface area contributed by atoms with Crippen LogP contribution in [0.1, 0.15) is 45.7 Å². The van der Waals surface area contributed by atoms with Crippen LogP contribution in [0.3, 0.4) is 0 Å². The summed E-state index contributed by atoms with van der Waals surface area (Å²) in [4.78, 5) is 27.2. The molecule has 0 saturated carbocycles. The van der Waals surface area contributed by atoms with Gasteiger partial charge in [0.15, 0.2) is 0 Å². The van der Waals surface area contributed by atoms with E-state index in [0.717, 1.165) is 31.5 Å². The molecule has 0 saturated heterocycles. The molecule has 2 aromatic rings. The van der Waals surface area contributed by atoms with Crippen molar-refractivity contribution < 1.29 is 14.5 Å². The van der Waals surface area contributed by atoms with Crippen LogP contribution < -0.4 is 0 Å². The van der Waals surface area contributed by atoms with Gasteiger partial charge >= 0.3 is 5.97 Å². The molecule has 0 amide bonds. The fraction of sp³-hybridized carbons (Fsp3) is 0.438. The van der Waals surface area contributed by atoms with E-state index in [9.17, 15) is 14.9 Å². The van der Waals surface area contributed by atoms with E-state index in [-0.39, 0.29) is 12.3 Å². The molecule has 3 heterocycles. The summed E-state index contributed by atoms with van der Waals surface area (Å²) in [5.74, 6) is -0.470. The highest BCUT2D eigenvalue weighted by Crippen LogP contribution is 2.25. The molecule has 24 heavy (non-hydrogen) atoms. The molecule has 1 aliphatic rings. The van der Waals surface area contributed by atoms with Crippen molar-refractivity contribution in [1.29, 1.82) is 0 Å². The quantitative estimate of drug-likeness (QED) is 0.485. The Bertz CT molecular complexity index is 813. The van der Waals surface area contributed by atoms with E-state index in [4.69, 9.17) is 4.74 Å². The second-order valence-electron chi connectivity index (χ2n) is 5.88. The standard InChI is InChI=1S/C16H18N4O4/c1-10-7-17-13(11(2)15(10)20(22)23)9-24-16(21)12-8-18-19-6-4-3-5-14(12)19/h7-8H,3-6,9H2,1-2H3. The van der Waals surface area contributed by atoms with Crippen LogP contribution in [0.25, 0.3) is 0 Å². The van der Waals surface area contributed by atoms with Crippen LogP contribution in [-0.4, -0.2) is 25.7 Å². The van der Waals surface area contributed by atoms with Crippen LogP contribution in [0.4, 0.5) is 5.69 Å². The summed E-state index contributed by atoms with van der Waals surface area (Å²) in [6.45, 7) is 3.96. The van der Waals surface area contributed by atoms with E-state index < -0.39 is 10.9 Å². The normalized spacial score (nSPS) is 13.4. The first-order valence-corrected chi connectivity index (χ1v) is 7.80. The predicted molar refractivity (Wildman–Crippen MR) is 84.6 cm³/mol. The molecule has 0 N–H and O–H groups in total. The maximum atomic E-state index is 12.3. The number of ether oxygens (including phenoxy) is 1. The molecule has 8 nitrogen and oxygen atoms in total. The number of aromatic nitrogens is 3. The number of pyridine rings is 1. The lowest BCUT2D eigenvalue weighted by molar-refractivity contribution is -0.386. The van der Waals surface area contributed by atoms with E-state index in [1.165, 1.54) is 12.4 Å². The third-order valence-electron chi connectivity index (χ3n) is 4.30. The van der Waals surface area contributed by atoms with Crippen LogP contribution in [0, 0.1) is 24.0 Å². The summed E-state index contributed by atoms with van der Waals surface area (Å²) in [6.07, 6.45) is 5.84. The second kappa shape index (κ2) is 6.38. The number of carbonyl (C=O) groups excluding carboxylic acids is 1. The van der Waals surface area contributed by atoms with Gasteiger partial charge in [-0.2, -0.15) is 5.10 Å². The number of nitro groups is 1. The van der Waals surface area contributed by atoms with Crippen LogP contribution in [0.15, 0.2) is 12.4 Å². The van der Waals surface area contributed by atoms with E-state index in [1.54, 1.807) is 13.8 Å². The number of aryl methyl sites for hydroxylation is 2. The highest BCUT2D eigenvalue weighted by atomic mass is 16.6. The van der Waals surface area contributed by atoms with Gasteiger partial charge in [0.2, 0.25) is 0 Å². The fourth-order valence-electron chi connectivity index (χ4n) is 2.99. The Kier molecular flexibility index (Phi) is 4.28. The summed E-state index contributed by atoms with van der Waals surface area (Å²) in [7, 11) is 0. The van der Waals surface area contributed by atoms with Crippen molar-refractivity contribution >= 4 is 11.7 Å². The zero-order valence-electron chi connectivity index (χ0n) is 13.6. The van der Waals surface area contributed by atoms with Crippen molar-refractivity contribution in [2.24, 2.45) is 0 Å².